The van der Waals surface area contributed by atoms with Gasteiger partial charge in [0, 0.05) is 5.75 Å². The molecule has 0 bridgehead atoms. The van der Waals surface area contributed by atoms with Gasteiger partial charge in [0.15, 0.2) is 5.75 Å². The van der Waals surface area contributed by atoms with E-state index in [4.69, 9.17) is 62.7 Å². The summed E-state index contributed by atoms with van der Waals surface area (Å²) in [6.45, 7) is 0.0363. The van der Waals surface area contributed by atoms with Crippen molar-refractivity contribution in [2.45, 2.75) is 6.10 Å². The summed E-state index contributed by atoms with van der Waals surface area (Å²) in [5.74, 6) is 0.655. The first-order valence-electron chi connectivity index (χ1n) is 4.71. The second-order valence-corrected chi connectivity index (χ2v) is 6.12. The van der Waals surface area contributed by atoms with Crippen molar-refractivity contribution in [2.75, 3.05) is 18.6 Å². The largest absolute Gasteiger partial charge is 0.488 e. The Morgan fingerprint density at radius 1 is 1.00 bits per heavy atom. The van der Waals surface area contributed by atoms with E-state index in [1.54, 1.807) is 0 Å². The molecule has 1 aromatic carbocycles. The van der Waals surface area contributed by atoms with E-state index >= 15 is 0 Å². The molecular formula is C10H9Cl5O2S. The monoisotopic (exact) mass is 368 g/mol. The Hall–Kier alpha value is 0.780. The molecule has 0 aliphatic heterocycles. The third-order valence-electron chi connectivity index (χ3n) is 1.95. The fourth-order valence-corrected chi connectivity index (χ4v) is 2.84. The van der Waals surface area contributed by atoms with E-state index in [9.17, 15) is 5.11 Å². The van der Waals surface area contributed by atoms with Gasteiger partial charge in [-0.25, -0.2) is 0 Å². The summed E-state index contributed by atoms with van der Waals surface area (Å²) >= 11 is 31.0. The number of aliphatic hydroxyl groups is 1. The number of hydrogen-bond donors (Lipinski definition) is 1. The molecule has 0 saturated heterocycles. The number of benzene rings is 1. The van der Waals surface area contributed by atoms with Gasteiger partial charge in [-0.3, -0.25) is 0 Å². The average Bonchev–Trinajstić information content (AvgIpc) is 2.34. The van der Waals surface area contributed by atoms with Gasteiger partial charge in [-0.1, -0.05) is 58.0 Å². The molecule has 1 N–H and O–H groups in total. The molecule has 1 aromatic rings. The Morgan fingerprint density at radius 2 is 1.44 bits per heavy atom. The highest BCUT2D eigenvalue weighted by Crippen LogP contribution is 2.48. The smallest absolute Gasteiger partial charge is 0.159 e. The molecule has 0 spiro atoms. The maximum atomic E-state index is 9.56. The molecule has 102 valence electrons. The molecule has 2 nitrogen and oxygen atoms in total. The molecule has 0 aliphatic carbocycles. The Kier molecular flexibility index (Phi) is 7.04. The van der Waals surface area contributed by atoms with Gasteiger partial charge in [0.05, 0.1) is 21.2 Å². The molecule has 1 rings (SSSR count). The molecule has 0 aromatic heterocycles. The summed E-state index contributed by atoms with van der Waals surface area (Å²) in [5, 5.41) is 9.93. The fourth-order valence-electron chi connectivity index (χ4n) is 1.13. The first-order valence-corrected chi connectivity index (χ1v) is 7.99. The zero-order valence-corrected chi connectivity index (χ0v) is 13.7. The van der Waals surface area contributed by atoms with Gasteiger partial charge in [-0.15, -0.1) is 0 Å². The van der Waals surface area contributed by atoms with Gasteiger partial charge in [-0.2, -0.15) is 11.8 Å². The van der Waals surface area contributed by atoms with Crippen LogP contribution in [0.2, 0.25) is 25.1 Å². The van der Waals surface area contributed by atoms with Crippen molar-refractivity contribution in [1.82, 2.24) is 0 Å². The van der Waals surface area contributed by atoms with Crippen molar-refractivity contribution >= 4 is 69.8 Å². The number of rotatable bonds is 5. The minimum absolute atomic E-state index is 0.0363. The van der Waals surface area contributed by atoms with Crippen LogP contribution in [0.3, 0.4) is 0 Å². The van der Waals surface area contributed by atoms with Crippen LogP contribution in [0, 0.1) is 0 Å². The molecule has 0 saturated carbocycles. The lowest BCUT2D eigenvalue weighted by atomic mass is 10.3. The third kappa shape index (κ3) is 3.89. The lowest BCUT2D eigenvalue weighted by Crippen LogP contribution is -2.20. The highest BCUT2D eigenvalue weighted by atomic mass is 35.5. The van der Waals surface area contributed by atoms with Crippen LogP contribution in [0.4, 0.5) is 0 Å². The van der Waals surface area contributed by atoms with Crippen molar-refractivity contribution in [3.8, 4) is 5.75 Å². The molecular weight excluding hydrogens is 361 g/mol. The van der Waals surface area contributed by atoms with Gasteiger partial charge in [0.25, 0.3) is 0 Å². The summed E-state index contributed by atoms with van der Waals surface area (Å²) < 4.78 is 5.34. The van der Waals surface area contributed by atoms with Gasteiger partial charge < -0.3 is 9.84 Å². The molecule has 1 atom stereocenters. The average molecular weight is 371 g/mol. The van der Waals surface area contributed by atoms with E-state index in [0.717, 1.165) is 0 Å². The first-order chi connectivity index (χ1) is 8.40. The highest BCUT2D eigenvalue weighted by Gasteiger charge is 2.21. The van der Waals surface area contributed by atoms with E-state index in [0.29, 0.717) is 5.75 Å². The van der Waals surface area contributed by atoms with Gasteiger partial charge >= 0.3 is 0 Å². The maximum absolute atomic E-state index is 9.56. The second kappa shape index (κ2) is 7.53. The summed E-state index contributed by atoms with van der Waals surface area (Å²) in [5.41, 5.74) is 0. The van der Waals surface area contributed by atoms with Crippen LogP contribution in [-0.4, -0.2) is 29.8 Å². The predicted molar refractivity (Wildman–Crippen MR) is 81.4 cm³/mol. The standard InChI is InChI=1S/C10H9Cl5O2S/c1-18-3-4(16)2-17-10-8(14)6(12)5(11)7(13)9(10)15/h4,16H,2-3H2,1H3. The normalized spacial score (nSPS) is 12.6. The van der Waals surface area contributed by atoms with Gasteiger partial charge in [-0.05, 0) is 6.26 Å². The van der Waals surface area contributed by atoms with Crippen molar-refractivity contribution in [3.63, 3.8) is 0 Å². The van der Waals surface area contributed by atoms with Crippen LogP contribution >= 0.6 is 69.8 Å². The molecule has 0 radical (unpaired) electrons. The second-order valence-electron chi connectivity index (χ2n) is 3.32. The van der Waals surface area contributed by atoms with Crippen LogP contribution in [0.1, 0.15) is 0 Å². The number of hydrogen-bond acceptors (Lipinski definition) is 3. The fraction of sp³-hybridized carbons (Fsp3) is 0.400. The Morgan fingerprint density at radius 3 is 1.89 bits per heavy atom. The molecule has 18 heavy (non-hydrogen) atoms. The minimum Gasteiger partial charge on any atom is -0.488 e. The number of ether oxygens (including phenoxy) is 1. The lowest BCUT2D eigenvalue weighted by molar-refractivity contribution is 0.126. The molecule has 0 fully saturated rings. The Labute approximate surface area is 134 Å². The molecule has 1 unspecified atom stereocenters. The van der Waals surface area contributed by atoms with Crippen LogP contribution < -0.4 is 4.74 Å². The Balaban J connectivity index is 2.96. The van der Waals surface area contributed by atoms with Gasteiger partial charge in [0.1, 0.15) is 16.7 Å². The van der Waals surface area contributed by atoms with Crippen LogP contribution in [0.15, 0.2) is 0 Å². The molecule has 0 heterocycles. The van der Waals surface area contributed by atoms with Crippen molar-refractivity contribution < 1.29 is 9.84 Å². The Bertz CT molecular complexity index is 412. The molecule has 0 amide bonds. The number of halogens is 5. The van der Waals surface area contributed by atoms with E-state index in [2.05, 4.69) is 0 Å². The number of aliphatic hydroxyl groups excluding tert-OH is 1. The van der Waals surface area contributed by atoms with Crippen molar-refractivity contribution in [3.05, 3.63) is 25.1 Å². The first kappa shape index (κ1) is 16.8. The SMILES string of the molecule is CSCC(O)COc1c(Cl)c(Cl)c(Cl)c(Cl)c1Cl. The van der Waals surface area contributed by atoms with E-state index < -0.39 is 6.10 Å². The summed E-state index contributed by atoms with van der Waals surface area (Å²) in [6, 6.07) is 0. The van der Waals surface area contributed by atoms with E-state index in [1.807, 2.05) is 6.26 Å². The highest BCUT2D eigenvalue weighted by molar-refractivity contribution is 7.98. The lowest BCUT2D eigenvalue weighted by Gasteiger charge is -2.15. The van der Waals surface area contributed by atoms with E-state index in [-0.39, 0.29) is 37.5 Å². The summed E-state index contributed by atoms with van der Waals surface area (Å²) in [7, 11) is 0. The predicted octanol–water partition coefficient (Wildman–Crippen LogP) is 5.06. The van der Waals surface area contributed by atoms with Crippen LogP contribution in [0.25, 0.3) is 0 Å². The molecule has 0 aliphatic rings. The zero-order valence-electron chi connectivity index (χ0n) is 9.15. The quantitative estimate of drug-likeness (QED) is 0.580. The maximum Gasteiger partial charge on any atom is 0.159 e. The summed E-state index contributed by atoms with van der Waals surface area (Å²) in [6.07, 6.45) is 1.24. The van der Waals surface area contributed by atoms with E-state index in [1.165, 1.54) is 11.8 Å². The van der Waals surface area contributed by atoms with Gasteiger partial charge in [0.2, 0.25) is 0 Å². The minimum atomic E-state index is -0.639. The van der Waals surface area contributed by atoms with Crippen LogP contribution in [0.5, 0.6) is 5.75 Å². The zero-order chi connectivity index (χ0) is 13.9. The molecule has 8 heteroatoms. The van der Waals surface area contributed by atoms with Crippen LogP contribution in [-0.2, 0) is 0 Å². The third-order valence-corrected chi connectivity index (χ3v) is 4.91. The number of thioether (sulfide) groups is 1. The topological polar surface area (TPSA) is 29.5 Å². The van der Waals surface area contributed by atoms with Crippen molar-refractivity contribution in [2.24, 2.45) is 0 Å². The van der Waals surface area contributed by atoms with Crippen molar-refractivity contribution in [1.29, 1.82) is 0 Å². The summed E-state index contributed by atoms with van der Waals surface area (Å²) in [4.78, 5) is 0.